The van der Waals surface area contributed by atoms with Gasteiger partial charge >= 0.3 is 0 Å². The highest BCUT2D eigenvalue weighted by Crippen LogP contribution is 2.30. The van der Waals surface area contributed by atoms with E-state index in [1.54, 1.807) is 4.68 Å². The summed E-state index contributed by atoms with van der Waals surface area (Å²) in [4.78, 5) is 9.24. The molecule has 4 rings (SSSR count). The standard InChI is InChI=1S/C18H24N8S/c1-3-15-24-25-18(27-15)23-17-19-10-14(12-9-20-26(2)11-12)16(22-17)21-13-7-5-4-6-8-13/h9-11,13H,3-8H2,1-2H3,(H2,19,21,22,23,25). The van der Waals surface area contributed by atoms with Crippen molar-refractivity contribution in [3.05, 3.63) is 23.6 Å². The number of rotatable bonds is 6. The Morgan fingerprint density at radius 2 is 2.04 bits per heavy atom. The van der Waals surface area contributed by atoms with E-state index in [4.69, 9.17) is 4.98 Å². The maximum atomic E-state index is 4.75. The van der Waals surface area contributed by atoms with Crippen molar-refractivity contribution in [1.29, 1.82) is 0 Å². The van der Waals surface area contributed by atoms with Gasteiger partial charge < -0.3 is 5.32 Å². The van der Waals surface area contributed by atoms with Gasteiger partial charge in [0, 0.05) is 36.6 Å². The van der Waals surface area contributed by atoms with Gasteiger partial charge in [0.25, 0.3) is 0 Å². The Hall–Kier alpha value is -2.55. The first-order valence-corrected chi connectivity index (χ1v) is 10.2. The summed E-state index contributed by atoms with van der Waals surface area (Å²) in [6.07, 6.45) is 12.7. The Bertz CT molecular complexity index is 896. The molecule has 1 fully saturated rings. The normalized spacial score (nSPS) is 15.0. The summed E-state index contributed by atoms with van der Waals surface area (Å²) < 4.78 is 1.79. The summed E-state index contributed by atoms with van der Waals surface area (Å²) in [5.41, 5.74) is 1.97. The van der Waals surface area contributed by atoms with E-state index in [1.165, 1.54) is 43.4 Å². The Labute approximate surface area is 162 Å². The van der Waals surface area contributed by atoms with Crippen LogP contribution in [0, 0.1) is 0 Å². The van der Waals surface area contributed by atoms with Crippen LogP contribution in [0.2, 0.25) is 0 Å². The first-order valence-electron chi connectivity index (χ1n) is 9.43. The van der Waals surface area contributed by atoms with Crippen molar-refractivity contribution in [3.8, 4) is 11.1 Å². The second-order valence-electron chi connectivity index (χ2n) is 6.82. The van der Waals surface area contributed by atoms with Gasteiger partial charge in [0.05, 0.1) is 6.20 Å². The molecule has 8 nitrogen and oxygen atoms in total. The van der Waals surface area contributed by atoms with Crippen LogP contribution in [0.3, 0.4) is 0 Å². The minimum Gasteiger partial charge on any atom is -0.367 e. The Balaban J connectivity index is 1.62. The molecule has 0 aromatic carbocycles. The molecule has 3 aromatic rings. The van der Waals surface area contributed by atoms with Crippen molar-refractivity contribution in [3.63, 3.8) is 0 Å². The highest BCUT2D eigenvalue weighted by Gasteiger charge is 2.18. The van der Waals surface area contributed by atoms with E-state index >= 15 is 0 Å². The lowest BCUT2D eigenvalue weighted by molar-refractivity contribution is 0.462. The number of hydrogen-bond acceptors (Lipinski definition) is 8. The molecule has 9 heteroatoms. The van der Waals surface area contributed by atoms with E-state index in [0.29, 0.717) is 17.1 Å². The van der Waals surface area contributed by atoms with Crippen molar-refractivity contribution >= 4 is 28.2 Å². The lowest BCUT2D eigenvalue weighted by Gasteiger charge is -2.24. The predicted octanol–water partition coefficient (Wildman–Crippen LogP) is 3.78. The van der Waals surface area contributed by atoms with Crippen LogP contribution in [0.4, 0.5) is 16.9 Å². The number of nitrogens with zero attached hydrogens (tertiary/aromatic N) is 6. The summed E-state index contributed by atoms with van der Waals surface area (Å²) in [7, 11) is 1.91. The molecule has 0 amide bonds. The molecule has 0 radical (unpaired) electrons. The number of nitrogens with one attached hydrogen (secondary N) is 2. The van der Waals surface area contributed by atoms with E-state index < -0.39 is 0 Å². The molecule has 0 bridgehead atoms. The quantitative estimate of drug-likeness (QED) is 0.668. The van der Waals surface area contributed by atoms with Gasteiger partial charge in [0.15, 0.2) is 0 Å². The molecule has 27 heavy (non-hydrogen) atoms. The van der Waals surface area contributed by atoms with E-state index in [-0.39, 0.29) is 0 Å². The topological polar surface area (TPSA) is 93.4 Å². The van der Waals surface area contributed by atoms with E-state index in [9.17, 15) is 0 Å². The molecule has 1 aliphatic rings. The number of aryl methyl sites for hydroxylation is 2. The zero-order chi connectivity index (χ0) is 18.6. The minimum absolute atomic E-state index is 0.449. The molecule has 3 aromatic heterocycles. The van der Waals surface area contributed by atoms with Crippen LogP contribution in [-0.4, -0.2) is 36.0 Å². The molecule has 0 aliphatic heterocycles. The maximum absolute atomic E-state index is 4.75. The highest BCUT2D eigenvalue weighted by molar-refractivity contribution is 7.15. The second-order valence-corrected chi connectivity index (χ2v) is 7.88. The monoisotopic (exact) mass is 384 g/mol. The Kier molecular flexibility index (Phi) is 5.28. The maximum Gasteiger partial charge on any atom is 0.231 e. The molecule has 0 saturated heterocycles. The first-order chi connectivity index (χ1) is 13.2. The molecule has 3 heterocycles. The fourth-order valence-corrected chi connectivity index (χ4v) is 3.98. The van der Waals surface area contributed by atoms with Crippen molar-refractivity contribution in [2.75, 3.05) is 10.6 Å². The number of aromatic nitrogens is 6. The highest BCUT2D eigenvalue weighted by atomic mass is 32.1. The van der Waals surface area contributed by atoms with Gasteiger partial charge in [-0.1, -0.05) is 37.5 Å². The van der Waals surface area contributed by atoms with Crippen molar-refractivity contribution in [2.24, 2.45) is 7.05 Å². The fourth-order valence-electron chi connectivity index (χ4n) is 3.31. The molecule has 0 spiro atoms. The average molecular weight is 385 g/mol. The van der Waals surface area contributed by atoms with Gasteiger partial charge in [0.1, 0.15) is 10.8 Å². The molecule has 0 unspecified atom stereocenters. The van der Waals surface area contributed by atoms with Gasteiger partial charge in [-0.05, 0) is 19.3 Å². The Morgan fingerprint density at radius 1 is 1.19 bits per heavy atom. The van der Waals surface area contributed by atoms with Crippen LogP contribution in [0.1, 0.15) is 44.0 Å². The molecular formula is C18H24N8S. The summed E-state index contributed by atoms with van der Waals surface area (Å²) in [5.74, 6) is 1.37. The molecule has 1 saturated carbocycles. The van der Waals surface area contributed by atoms with Gasteiger partial charge in [0.2, 0.25) is 11.1 Å². The third-order valence-corrected chi connectivity index (χ3v) is 5.72. The number of hydrogen-bond donors (Lipinski definition) is 2. The largest absolute Gasteiger partial charge is 0.367 e. The first kappa shape index (κ1) is 17.8. The van der Waals surface area contributed by atoms with Gasteiger partial charge in [-0.25, -0.2) is 4.98 Å². The fraction of sp³-hybridized carbons (Fsp3) is 0.500. The minimum atomic E-state index is 0.449. The lowest BCUT2D eigenvalue weighted by atomic mass is 9.95. The van der Waals surface area contributed by atoms with Crippen molar-refractivity contribution in [1.82, 2.24) is 29.9 Å². The molecule has 0 atom stereocenters. The summed E-state index contributed by atoms with van der Waals surface area (Å²) in [6, 6.07) is 0.449. The van der Waals surface area contributed by atoms with E-state index in [0.717, 1.165) is 28.4 Å². The van der Waals surface area contributed by atoms with Gasteiger partial charge in [-0.3, -0.25) is 10.00 Å². The van der Waals surface area contributed by atoms with Crippen molar-refractivity contribution < 1.29 is 0 Å². The zero-order valence-corrected chi connectivity index (χ0v) is 16.5. The van der Waals surface area contributed by atoms with Crippen LogP contribution < -0.4 is 10.6 Å². The molecule has 2 N–H and O–H groups in total. The summed E-state index contributed by atoms with van der Waals surface area (Å²) in [6.45, 7) is 2.07. The van der Waals surface area contributed by atoms with E-state index in [2.05, 4.69) is 37.8 Å². The lowest BCUT2D eigenvalue weighted by Crippen LogP contribution is -2.23. The van der Waals surface area contributed by atoms with Crippen LogP contribution in [0.15, 0.2) is 18.6 Å². The third-order valence-electron chi connectivity index (χ3n) is 4.74. The smallest absolute Gasteiger partial charge is 0.231 e. The number of anilines is 3. The Morgan fingerprint density at radius 3 is 2.74 bits per heavy atom. The molecule has 1 aliphatic carbocycles. The summed E-state index contributed by atoms with van der Waals surface area (Å²) in [5, 5.41) is 21.1. The van der Waals surface area contributed by atoms with Gasteiger partial charge in [-0.2, -0.15) is 10.1 Å². The molecular weight excluding hydrogens is 360 g/mol. The predicted molar refractivity (Wildman–Crippen MR) is 107 cm³/mol. The van der Waals surface area contributed by atoms with Crippen LogP contribution in [0.5, 0.6) is 0 Å². The third kappa shape index (κ3) is 4.24. The second kappa shape index (κ2) is 7.99. The van der Waals surface area contributed by atoms with Crippen LogP contribution in [-0.2, 0) is 13.5 Å². The van der Waals surface area contributed by atoms with Crippen molar-refractivity contribution in [2.45, 2.75) is 51.5 Å². The molecule has 142 valence electrons. The van der Waals surface area contributed by atoms with Crippen LogP contribution >= 0.6 is 11.3 Å². The summed E-state index contributed by atoms with van der Waals surface area (Å²) >= 11 is 1.53. The van der Waals surface area contributed by atoms with E-state index in [1.807, 2.05) is 25.6 Å². The zero-order valence-electron chi connectivity index (χ0n) is 15.6. The SMILES string of the molecule is CCc1nnc(Nc2ncc(-c3cnn(C)c3)c(NC3CCCCC3)n2)s1. The van der Waals surface area contributed by atoms with Crippen LogP contribution in [0.25, 0.3) is 11.1 Å². The average Bonchev–Trinajstić information content (AvgIpc) is 3.32. The van der Waals surface area contributed by atoms with Gasteiger partial charge in [-0.15, -0.1) is 10.2 Å².